The quantitative estimate of drug-likeness (QED) is 0.150. The summed E-state index contributed by atoms with van der Waals surface area (Å²) in [6.45, 7) is 2.21. The van der Waals surface area contributed by atoms with Crippen molar-refractivity contribution < 1.29 is 76.5 Å². The number of carbonyl (C=O) groups excluding carboxylic acids is 5. The van der Waals surface area contributed by atoms with Gasteiger partial charge in [0.25, 0.3) is 0 Å². The lowest BCUT2D eigenvalue weighted by molar-refractivity contribution is -0.250. The number of halogens is 3. The number of benzene rings is 2. The number of Topliss-reactive ketones (excluding diaryl/α,β-unsaturated/α-hetero) is 1. The molecule has 14 nitrogen and oxygen atoms in total. The highest BCUT2D eigenvalue weighted by Crippen LogP contribution is 2.52. The van der Waals surface area contributed by atoms with E-state index < -0.39 is 120 Å². The largest absolute Gasteiger partial charge is 0.507 e. The predicted molar refractivity (Wildman–Crippen MR) is 165 cm³/mol. The molecule has 2 aromatic carbocycles. The summed E-state index contributed by atoms with van der Waals surface area (Å²) in [7, 11) is 1.25. The van der Waals surface area contributed by atoms with Gasteiger partial charge in [-0.3, -0.25) is 24.0 Å². The first-order valence-electron chi connectivity index (χ1n) is 16.1. The molecular formula is C34H36F3NO13. The number of phenolic OH excluding ortho intramolecular Hbond substituents is 2. The molecule has 276 valence electrons. The second kappa shape index (κ2) is 14.2. The number of ketones is 3. The van der Waals surface area contributed by atoms with E-state index in [1.807, 2.05) is 6.92 Å². The van der Waals surface area contributed by atoms with Crippen molar-refractivity contribution in [2.45, 2.75) is 94.8 Å². The zero-order valence-electron chi connectivity index (χ0n) is 27.7. The molecule has 1 fully saturated rings. The van der Waals surface area contributed by atoms with Crippen LogP contribution >= 0.6 is 0 Å². The number of amides is 1. The number of unbranched alkanes of at least 4 members (excludes halogenated alkanes) is 1. The Morgan fingerprint density at radius 1 is 1.08 bits per heavy atom. The number of aliphatic hydroxyl groups is 2. The molecule has 0 bridgehead atoms. The van der Waals surface area contributed by atoms with Gasteiger partial charge in [-0.1, -0.05) is 25.5 Å². The van der Waals surface area contributed by atoms with E-state index in [-0.39, 0.29) is 34.4 Å². The van der Waals surface area contributed by atoms with Crippen LogP contribution < -0.4 is 10.1 Å². The Balaban J connectivity index is 1.58. The number of ether oxygens (including phenoxy) is 4. The molecule has 0 spiro atoms. The summed E-state index contributed by atoms with van der Waals surface area (Å²) < 4.78 is 61.1. The average Bonchev–Trinajstić information content (AvgIpc) is 3.07. The Hall–Kier alpha value is -4.58. The highest BCUT2D eigenvalue weighted by Gasteiger charge is 2.51. The van der Waals surface area contributed by atoms with Crippen molar-refractivity contribution in [3.63, 3.8) is 0 Å². The van der Waals surface area contributed by atoms with E-state index in [9.17, 15) is 57.6 Å². The minimum Gasteiger partial charge on any atom is -0.507 e. The minimum absolute atomic E-state index is 0.00489. The standard InChI is InChI=1S/C34H36F3NO13/c1-4-5-9-21(40)49-13-20(39)33(47)11-16-24(19(12-33)51-22-10-17(27(41)14(2)50-22)38-32(46)34(35,36)37)31(45)26-25(29(16)43)28(42)15-7-6-8-18(48-3)23(15)30(26)44/h6-8,14,17,19,22,27,41,43,45,47H,4-5,9-13H2,1-3H3,(H,38,46)/t14-,17-,19-,22-,27-,33-/m0/s1. The molecule has 0 unspecified atom stereocenters. The Labute approximate surface area is 288 Å². The Bertz CT molecular complexity index is 1780. The van der Waals surface area contributed by atoms with Gasteiger partial charge in [0.05, 0.1) is 42.0 Å². The first kappa shape index (κ1) is 37.7. The maximum Gasteiger partial charge on any atom is 0.471 e. The van der Waals surface area contributed by atoms with Crippen molar-refractivity contribution in [3.8, 4) is 17.2 Å². The molecule has 0 radical (unpaired) electrons. The number of methoxy groups -OCH3 is 1. The summed E-state index contributed by atoms with van der Waals surface area (Å²) in [6.07, 6.45) is -12.3. The van der Waals surface area contributed by atoms with Gasteiger partial charge in [0.1, 0.15) is 29.0 Å². The number of rotatable bonds is 10. The van der Waals surface area contributed by atoms with Crippen molar-refractivity contribution >= 4 is 29.2 Å². The third kappa shape index (κ3) is 7.02. The molecule has 3 aliphatic rings. The third-order valence-electron chi connectivity index (χ3n) is 9.29. The monoisotopic (exact) mass is 723 g/mol. The fraction of sp³-hybridized carbons (Fsp3) is 0.500. The van der Waals surface area contributed by atoms with E-state index >= 15 is 0 Å². The molecule has 5 rings (SSSR count). The molecule has 0 saturated carbocycles. The average molecular weight is 724 g/mol. The number of carbonyl (C=O) groups is 5. The zero-order valence-corrected chi connectivity index (χ0v) is 27.7. The molecule has 17 heteroatoms. The summed E-state index contributed by atoms with van der Waals surface area (Å²) in [4.78, 5) is 64.9. The molecule has 1 saturated heterocycles. The number of aliphatic hydroxyl groups excluding tert-OH is 1. The van der Waals surface area contributed by atoms with Crippen LogP contribution in [0.1, 0.15) is 95.0 Å². The predicted octanol–water partition coefficient (Wildman–Crippen LogP) is 2.46. The van der Waals surface area contributed by atoms with E-state index in [4.69, 9.17) is 18.9 Å². The van der Waals surface area contributed by atoms with Crippen LogP contribution in [0, 0.1) is 0 Å². The van der Waals surface area contributed by atoms with Gasteiger partial charge in [-0.2, -0.15) is 13.2 Å². The van der Waals surface area contributed by atoms with Gasteiger partial charge in [-0.25, -0.2) is 0 Å². The van der Waals surface area contributed by atoms with Gasteiger partial charge in [-0.15, -0.1) is 0 Å². The van der Waals surface area contributed by atoms with Crippen LogP contribution in [0.4, 0.5) is 13.2 Å². The lowest BCUT2D eigenvalue weighted by atomic mass is 9.72. The number of fused-ring (bicyclic) bond motifs is 3. The highest BCUT2D eigenvalue weighted by molar-refractivity contribution is 6.31. The van der Waals surface area contributed by atoms with Crippen LogP contribution in [0.15, 0.2) is 18.2 Å². The van der Waals surface area contributed by atoms with Crippen molar-refractivity contribution in [2.24, 2.45) is 0 Å². The topological polar surface area (TPSA) is 215 Å². The summed E-state index contributed by atoms with van der Waals surface area (Å²) >= 11 is 0. The zero-order chi connectivity index (χ0) is 37.6. The molecule has 6 atom stereocenters. The second-order valence-corrected chi connectivity index (χ2v) is 12.7. The molecule has 0 aromatic heterocycles. The van der Waals surface area contributed by atoms with Gasteiger partial charge < -0.3 is 44.7 Å². The molecule has 5 N–H and O–H groups in total. The van der Waals surface area contributed by atoms with E-state index in [0.717, 1.165) is 0 Å². The molecule has 2 aliphatic carbocycles. The van der Waals surface area contributed by atoms with Crippen LogP contribution in [-0.4, -0.2) is 99.7 Å². The van der Waals surface area contributed by atoms with Gasteiger partial charge in [-0.05, 0) is 19.4 Å². The SMILES string of the molecule is CCCCC(=O)OCC(=O)[C@]1(O)Cc2c(O)c3c(c(O)c2[C@@H](O[C@H]2C[C@H](NC(=O)C(F)(F)F)[C@@H](O)[C@H](C)O2)C1)C(=O)c1c(OC)cccc1C3=O. The smallest absolute Gasteiger partial charge is 0.471 e. The van der Waals surface area contributed by atoms with E-state index in [1.165, 1.54) is 32.2 Å². The van der Waals surface area contributed by atoms with Crippen molar-refractivity contribution in [1.29, 1.82) is 0 Å². The number of hydrogen-bond acceptors (Lipinski definition) is 13. The number of alkyl halides is 3. The van der Waals surface area contributed by atoms with E-state index in [2.05, 4.69) is 0 Å². The van der Waals surface area contributed by atoms with Crippen molar-refractivity contribution in [2.75, 3.05) is 13.7 Å². The first-order chi connectivity index (χ1) is 23.9. The normalized spacial score (nSPS) is 25.7. The Morgan fingerprint density at radius 3 is 2.41 bits per heavy atom. The number of hydrogen-bond donors (Lipinski definition) is 5. The number of aromatic hydroxyl groups is 2. The molecule has 2 aromatic rings. The van der Waals surface area contributed by atoms with Gasteiger partial charge in [0.15, 0.2) is 18.7 Å². The fourth-order valence-corrected chi connectivity index (χ4v) is 6.64. The van der Waals surface area contributed by atoms with Crippen LogP contribution in [0.2, 0.25) is 0 Å². The molecular weight excluding hydrogens is 687 g/mol. The number of nitrogens with one attached hydrogen (secondary N) is 1. The van der Waals surface area contributed by atoms with Crippen LogP contribution in [0.3, 0.4) is 0 Å². The molecule has 1 aliphatic heterocycles. The molecule has 1 amide bonds. The van der Waals surface area contributed by atoms with Crippen molar-refractivity contribution in [1.82, 2.24) is 5.32 Å². The lowest BCUT2D eigenvalue weighted by Gasteiger charge is -2.43. The van der Waals surface area contributed by atoms with Crippen molar-refractivity contribution in [3.05, 3.63) is 51.6 Å². The van der Waals surface area contributed by atoms with Gasteiger partial charge in [0.2, 0.25) is 11.6 Å². The maximum atomic E-state index is 13.9. The van der Waals surface area contributed by atoms with Gasteiger partial charge >= 0.3 is 18.1 Å². The summed E-state index contributed by atoms with van der Waals surface area (Å²) in [5.41, 5.74) is -4.85. The summed E-state index contributed by atoms with van der Waals surface area (Å²) in [5.74, 6) is -7.66. The third-order valence-corrected chi connectivity index (χ3v) is 9.29. The molecule has 51 heavy (non-hydrogen) atoms. The number of phenols is 2. The van der Waals surface area contributed by atoms with E-state index in [1.54, 1.807) is 5.32 Å². The van der Waals surface area contributed by atoms with Crippen LogP contribution in [0.5, 0.6) is 17.2 Å². The summed E-state index contributed by atoms with van der Waals surface area (Å²) in [6, 6.07) is 2.58. The van der Waals surface area contributed by atoms with E-state index in [0.29, 0.717) is 12.8 Å². The van der Waals surface area contributed by atoms with Crippen LogP contribution in [0.25, 0.3) is 0 Å². The second-order valence-electron chi connectivity index (χ2n) is 12.7. The lowest BCUT2D eigenvalue weighted by Crippen LogP contribution is -2.57. The Morgan fingerprint density at radius 2 is 1.76 bits per heavy atom. The minimum atomic E-state index is -5.29. The first-order valence-corrected chi connectivity index (χ1v) is 16.1. The highest BCUT2D eigenvalue weighted by atomic mass is 19.4. The molecule has 1 heterocycles. The summed E-state index contributed by atoms with van der Waals surface area (Å²) in [5, 5.41) is 47.2. The van der Waals surface area contributed by atoms with Gasteiger partial charge in [0, 0.05) is 42.4 Å². The van der Waals surface area contributed by atoms with Crippen LogP contribution in [-0.2, 0) is 35.0 Å². The fourth-order valence-electron chi connectivity index (χ4n) is 6.64. The maximum absolute atomic E-state index is 13.9. The number of esters is 1. The Kier molecular flexibility index (Phi) is 10.5.